The third-order valence-electron chi connectivity index (χ3n) is 3.67. The van der Waals surface area contributed by atoms with E-state index < -0.39 is 0 Å². The lowest BCUT2D eigenvalue weighted by Crippen LogP contribution is -2.43. The van der Waals surface area contributed by atoms with E-state index in [9.17, 15) is 4.79 Å². The average Bonchev–Trinajstić information content (AvgIpc) is 3.20. The van der Waals surface area contributed by atoms with E-state index in [1.54, 1.807) is 23.5 Å². The van der Waals surface area contributed by atoms with Gasteiger partial charge in [0.15, 0.2) is 10.4 Å². The van der Waals surface area contributed by atoms with Crippen LogP contribution in [0.4, 0.5) is 0 Å². The van der Waals surface area contributed by atoms with Gasteiger partial charge in [0.05, 0.1) is 19.3 Å². The summed E-state index contributed by atoms with van der Waals surface area (Å²) >= 11 is 4.88. The summed E-state index contributed by atoms with van der Waals surface area (Å²) in [5.74, 6) is 0.122. The van der Waals surface area contributed by atoms with Gasteiger partial charge in [-0.25, -0.2) is 0 Å². The Morgan fingerprint density at radius 1 is 1.36 bits per heavy atom. The fourth-order valence-electron chi connectivity index (χ4n) is 2.52. The molecule has 0 bridgehead atoms. The lowest BCUT2D eigenvalue weighted by atomic mass is 10.1. The third-order valence-corrected chi connectivity index (χ3v) is 4.80. The predicted molar refractivity (Wildman–Crippen MR) is 88.2 cm³/mol. The number of thiophene rings is 1. The number of hydrogen-bond acceptors (Lipinski definition) is 5. The molecule has 1 aliphatic rings. The minimum atomic E-state index is -0.195. The van der Waals surface area contributed by atoms with Gasteiger partial charge in [-0.3, -0.25) is 9.69 Å². The highest BCUT2D eigenvalue weighted by atomic mass is 79.9. The van der Waals surface area contributed by atoms with Crippen LogP contribution >= 0.6 is 27.3 Å². The van der Waals surface area contributed by atoms with Gasteiger partial charge in [0.25, 0.3) is 5.91 Å². The van der Waals surface area contributed by atoms with Gasteiger partial charge in [-0.05, 0) is 50.5 Å². The van der Waals surface area contributed by atoms with Crippen molar-refractivity contribution in [2.24, 2.45) is 0 Å². The first kappa shape index (κ1) is 15.7. The topological polar surface area (TPSA) is 54.7 Å². The van der Waals surface area contributed by atoms with E-state index in [0.29, 0.717) is 17.0 Å². The molecule has 5 nitrogen and oxygen atoms in total. The molecule has 118 valence electrons. The van der Waals surface area contributed by atoms with Crippen LogP contribution < -0.4 is 5.32 Å². The summed E-state index contributed by atoms with van der Waals surface area (Å²) in [6.07, 6.45) is 0. The van der Waals surface area contributed by atoms with E-state index in [1.165, 1.54) is 5.56 Å². The summed E-state index contributed by atoms with van der Waals surface area (Å²) in [6.45, 7) is 3.78. The minimum absolute atomic E-state index is 0.164. The zero-order valence-corrected chi connectivity index (χ0v) is 14.4. The van der Waals surface area contributed by atoms with Crippen molar-refractivity contribution < 1.29 is 13.9 Å². The predicted octanol–water partition coefficient (Wildman–Crippen LogP) is 2.91. The van der Waals surface area contributed by atoms with Crippen molar-refractivity contribution >= 4 is 33.2 Å². The van der Waals surface area contributed by atoms with Gasteiger partial charge in [-0.2, -0.15) is 11.3 Å². The molecule has 0 aliphatic carbocycles. The van der Waals surface area contributed by atoms with Gasteiger partial charge in [0.1, 0.15) is 0 Å². The lowest BCUT2D eigenvalue weighted by Gasteiger charge is -2.34. The van der Waals surface area contributed by atoms with Gasteiger partial charge in [0.2, 0.25) is 0 Å². The molecule has 0 radical (unpaired) electrons. The molecule has 1 unspecified atom stereocenters. The smallest absolute Gasteiger partial charge is 0.287 e. The molecule has 2 aromatic rings. The number of nitrogens with zero attached hydrogens (tertiary/aromatic N) is 1. The number of furan rings is 1. The van der Waals surface area contributed by atoms with Crippen LogP contribution in [0, 0.1) is 0 Å². The number of rotatable bonds is 5. The molecular weight excluding hydrogens is 368 g/mol. The maximum Gasteiger partial charge on any atom is 0.287 e. The first-order valence-electron chi connectivity index (χ1n) is 7.11. The zero-order valence-electron chi connectivity index (χ0n) is 12.0. The van der Waals surface area contributed by atoms with Crippen LogP contribution in [0.15, 0.2) is 38.0 Å². The number of hydrogen-bond donors (Lipinski definition) is 1. The van der Waals surface area contributed by atoms with Crippen LogP contribution in [0.3, 0.4) is 0 Å². The number of nitrogens with one attached hydrogen (secondary N) is 1. The molecule has 1 N–H and O–H groups in total. The molecule has 2 aromatic heterocycles. The molecule has 1 saturated heterocycles. The average molecular weight is 385 g/mol. The van der Waals surface area contributed by atoms with E-state index >= 15 is 0 Å². The first-order valence-corrected chi connectivity index (χ1v) is 8.85. The van der Waals surface area contributed by atoms with Crippen molar-refractivity contribution in [1.29, 1.82) is 0 Å². The minimum Gasteiger partial charge on any atom is -0.444 e. The highest BCUT2D eigenvalue weighted by molar-refractivity contribution is 9.10. The molecule has 3 heterocycles. The second kappa shape index (κ2) is 7.41. The van der Waals surface area contributed by atoms with Gasteiger partial charge < -0.3 is 14.5 Å². The standard InChI is InChI=1S/C15H17BrN2O3S/c16-14-2-1-13(21-14)15(19)17-9-12(11-3-8-22-10-11)18-4-6-20-7-5-18/h1-3,8,10,12H,4-7,9H2,(H,17,19). The molecule has 0 aromatic carbocycles. The number of carbonyl (C=O) groups is 1. The van der Waals surface area contributed by atoms with Crippen molar-refractivity contribution in [3.05, 3.63) is 45.0 Å². The van der Waals surface area contributed by atoms with E-state index in [2.05, 4.69) is 43.0 Å². The fourth-order valence-corrected chi connectivity index (χ4v) is 3.54. The molecule has 3 rings (SSSR count). The maximum atomic E-state index is 12.1. The highest BCUT2D eigenvalue weighted by Crippen LogP contribution is 2.23. The molecule has 0 saturated carbocycles. The van der Waals surface area contributed by atoms with E-state index in [1.807, 2.05) is 0 Å². The molecule has 22 heavy (non-hydrogen) atoms. The lowest BCUT2D eigenvalue weighted by molar-refractivity contribution is 0.0162. The van der Waals surface area contributed by atoms with E-state index in [-0.39, 0.29) is 11.9 Å². The number of carbonyl (C=O) groups excluding carboxylic acids is 1. The third kappa shape index (κ3) is 3.78. The summed E-state index contributed by atoms with van der Waals surface area (Å²) in [5.41, 5.74) is 1.23. The monoisotopic (exact) mass is 384 g/mol. The fraction of sp³-hybridized carbons (Fsp3) is 0.400. The number of halogens is 1. The van der Waals surface area contributed by atoms with Crippen LogP contribution in [0.2, 0.25) is 0 Å². The van der Waals surface area contributed by atoms with Crippen molar-refractivity contribution in [3.63, 3.8) is 0 Å². The zero-order chi connectivity index (χ0) is 15.4. The van der Waals surface area contributed by atoms with Crippen LogP contribution in [0.25, 0.3) is 0 Å². The summed E-state index contributed by atoms with van der Waals surface area (Å²) in [6, 6.07) is 5.65. The summed E-state index contributed by atoms with van der Waals surface area (Å²) < 4.78 is 11.3. The van der Waals surface area contributed by atoms with Crippen LogP contribution in [-0.2, 0) is 4.74 Å². The van der Waals surface area contributed by atoms with Crippen molar-refractivity contribution in [2.75, 3.05) is 32.8 Å². The molecule has 1 fully saturated rings. The number of morpholine rings is 1. The second-order valence-electron chi connectivity index (χ2n) is 5.03. The summed E-state index contributed by atoms with van der Waals surface area (Å²) in [5, 5.41) is 7.17. The van der Waals surface area contributed by atoms with E-state index in [0.717, 1.165) is 26.3 Å². The first-order chi connectivity index (χ1) is 10.7. The van der Waals surface area contributed by atoms with Crippen LogP contribution in [0.1, 0.15) is 22.2 Å². The molecule has 7 heteroatoms. The quantitative estimate of drug-likeness (QED) is 0.860. The van der Waals surface area contributed by atoms with Gasteiger partial charge in [-0.15, -0.1) is 0 Å². The van der Waals surface area contributed by atoms with Gasteiger partial charge >= 0.3 is 0 Å². The molecule has 1 atom stereocenters. The Hall–Kier alpha value is -1.15. The second-order valence-corrected chi connectivity index (χ2v) is 6.60. The SMILES string of the molecule is O=C(NCC(c1ccsc1)N1CCOCC1)c1ccc(Br)o1. The number of amides is 1. The summed E-state index contributed by atoms with van der Waals surface area (Å²) in [7, 11) is 0. The largest absolute Gasteiger partial charge is 0.444 e. The van der Waals surface area contributed by atoms with Crippen molar-refractivity contribution in [1.82, 2.24) is 10.2 Å². The Morgan fingerprint density at radius 3 is 2.82 bits per heavy atom. The number of ether oxygens (including phenoxy) is 1. The molecule has 1 aliphatic heterocycles. The molecular formula is C15H17BrN2O3S. The Kier molecular flexibility index (Phi) is 5.30. The Bertz CT molecular complexity index is 608. The molecule has 0 spiro atoms. The Balaban J connectivity index is 1.66. The Morgan fingerprint density at radius 2 is 2.18 bits per heavy atom. The molecule has 1 amide bonds. The van der Waals surface area contributed by atoms with Gasteiger partial charge in [0, 0.05) is 19.6 Å². The van der Waals surface area contributed by atoms with Crippen molar-refractivity contribution in [3.8, 4) is 0 Å². The maximum absolute atomic E-state index is 12.1. The van der Waals surface area contributed by atoms with Gasteiger partial charge in [-0.1, -0.05) is 0 Å². The Labute approximate surface area is 141 Å². The normalized spacial score (nSPS) is 17.3. The van der Waals surface area contributed by atoms with Crippen LogP contribution in [0.5, 0.6) is 0 Å². The van der Waals surface area contributed by atoms with Crippen LogP contribution in [-0.4, -0.2) is 43.7 Å². The highest BCUT2D eigenvalue weighted by Gasteiger charge is 2.24. The van der Waals surface area contributed by atoms with E-state index in [4.69, 9.17) is 9.15 Å². The summed E-state index contributed by atoms with van der Waals surface area (Å²) in [4.78, 5) is 14.5. The van der Waals surface area contributed by atoms with Crippen molar-refractivity contribution in [2.45, 2.75) is 6.04 Å².